The van der Waals surface area contributed by atoms with E-state index in [1.54, 1.807) is 20.0 Å². The van der Waals surface area contributed by atoms with Crippen molar-refractivity contribution < 1.29 is 29.1 Å². The summed E-state index contributed by atoms with van der Waals surface area (Å²) in [4.78, 5) is 63.1. The summed E-state index contributed by atoms with van der Waals surface area (Å²) in [5.74, 6) is -2.27. The van der Waals surface area contributed by atoms with Gasteiger partial charge < -0.3 is 20.2 Å². The number of aliphatic carboxylic acids is 1. The van der Waals surface area contributed by atoms with Gasteiger partial charge >= 0.3 is 12.0 Å². The number of carbonyl (C=O) groups is 4. The predicted octanol–water partition coefficient (Wildman–Crippen LogP) is 0.940. The van der Waals surface area contributed by atoms with Crippen molar-refractivity contribution in [3.8, 4) is 0 Å². The maximum atomic E-state index is 13.5. The fourth-order valence-electron chi connectivity index (χ4n) is 4.45. The van der Waals surface area contributed by atoms with E-state index in [1.807, 2.05) is 30.3 Å². The van der Waals surface area contributed by atoms with Crippen LogP contribution >= 0.6 is 0 Å². The zero-order valence-corrected chi connectivity index (χ0v) is 18.3. The first kappa shape index (κ1) is 22.5. The van der Waals surface area contributed by atoms with E-state index in [0.29, 0.717) is 12.1 Å². The molecule has 3 heterocycles. The number of para-hydroxylation sites is 1. The molecule has 11 nitrogen and oxygen atoms in total. The van der Waals surface area contributed by atoms with Crippen molar-refractivity contribution in [3.63, 3.8) is 0 Å². The third kappa shape index (κ3) is 4.07. The summed E-state index contributed by atoms with van der Waals surface area (Å²) in [6, 6.07) is 6.83. The second-order valence-electron chi connectivity index (χ2n) is 7.96. The molecule has 1 aromatic heterocycles. The van der Waals surface area contributed by atoms with E-state index in [0.717, 1.165) is 16.0 Å². The highest BCUT2D eigenvalue weighted by Crippen LogP contribution is 2.32. The minimum absolute atomic E-state index is 0.131. The van der Waals surface area contributed by atoms with Crippen LogP contribution in [0.15, 0.2) is 36.5 Å². The van der Waals surface area contributed by atoms with Crippen LogP contribution in [0.4, 0.5) is 4.79 Å². The van der Waals surface area contributed by atoms with Gasteiger partial charge in [-0.3, -0.25) is 24.2 Å². The fourth-order valence-corrected chi connectivity index (χ4v) is 4.45. The number of pyridine rings is 1. The molecule has 2 aliphatic rings. The van der Waals surface area contributed by atoms with E-state index in [4.69, 9.17) is 4.84 Å². The number of amides is 4. The van der Waals surface area contributed by atoms with Crippen molar-refractivity contribution in [1.29, 1.82) is 0 Å². The lowest BCUT2D eigenvalue weighted by Crippen LogP contribution is -2.75. The van der Waals surface area contributed by atoms with Crippen LogP contribution in [0.25, 0.3) is 10.9 Å². The first-order valence-electron chi connectivity index (χ1n) is 10.7. The average Bonchev–Trinajstić information content (AvgIpc) is 2.79. The Morgan fingerprint density at radius 2 is 2.00 bits per heavy atom. The Labute approximate surface area is 189 Å². The molecule has 2 fully saturated rings. The third-order valence-electron chi connectivity index (χ3n) is 5.92. The van der Waals surface area contributed by atoms with Crippen molar-refractivity contribution in [1.82, 2.24) is 25.2 Å². The number of carboxylic acids is 1. The lowest BCUT2D eigenvalue weighted by molar-refractivity contribution is -0.246. The number of carboxylic acid groups (broad SMARTS) is 1. The van der Waals surface area contributed by atoms with Crippen LogP contribution in [0.5, 0.6) is 0 Å². The first-order valence-corrected chi connectivity index (χ1v) is 10.7. The number of hydroxylamine groups is 2. The van der Waals surface area contributed by atoms with Gasteiger partial charge in [0, 0.05) is 24.7 Å². The third-order valence-corrected chi connectivity index (χ3v) is 5.92. The van der Waals surface area contributed by atoms with E-state index < -0.39 is 55.1 Å². The number of nitrogens with one attached hydrogen (secondary N) is 1. The first-order chi connectivity index (χ1) is 15.8. The summed E-state index contributed by atoms with van der Waals surface area (Å²) >= 11 is 0. The van der Waals surface area contributed by atoms with Crippen LogP contribution in [-0.2, 0) is 25.8 Å². The highest BCUT2D eigenvalue weighted by molar-refractivity contribution is 5.94. The Balaban J connectivity index is 1.75. The van der Waals surface area contributed by atoms with Crippen LogP contribution in [0.1, 0.15) is 25.8 Å². The molecule has 0 spiro atoms. The van der Waals surface area contributed by atoms with Crippen LogP contribution in [0.2, 0.25) is 0 Å². The van der Waals surface area contributed by atoms with Gasteiger partial charge in [-0.1, -0.05) is 24.3 Å². The molecule has 11 heteroatoms. The number of nitrogens with zero attached hydrogens (tertiary/aromatic N) is 4. The van der Waals surface area contributed by atoms with Crippen LogP contribution in [0.3, 0.4) is 0 Å². The van der Waals surface area contributed by atoms with Crippen molar-refractivity contribution in [2.75, 3.05) is 13.2 Å². The van der Waals surface area contributed by atoms with Gasteiger partial charge in [-0.2, -0.15) is 5.06 Å². The Bertz CT molecular complexity index is 1100. The number of urea groups is 1. The fraction of sp³-hybridized carbons (Fsp3) is 0.409. The molecule has 3 atom stereocenters. The number of fused-ring (bicyclic) bond motifs is 2. The van der Waals surface area contributed by atoms with Crippen LogP contribution in [-0.4, -0.2) is 80.2 Å². The summed E-state index contributed by atoms with van der Waals surface area (Å²) < 4.78 is 0. The predicted molar refractivity (Wildman–Crippen MR) is 115 cm³/mol. The second kappa shape index (κ2) is 9.02. The molecule has 0 radical (unpaired) electrons. The summed E-state index contributed by atoms with van der Waals surface area (Å²) in [6.07, 6.45) is 0.0939. The molecular weight excluding hydrogens is 430 g/mol. The van der Waals surface area contributed by atoms with Crippen molar-refractivity contribution >= 4 is 34.7 Å². The van der Waals surface area contributed by atoms with E-state index in [1.165, 1.54) is 9.80 Å². The molecule has 0 saturated carbocycles. The molecule has 0 bridgehead atoms. The second-order valence-corrected chi connectivity index (χ2v) is 7.96. The van der Waals surface area contributed by atoms with Gasteiger partial charge in [0.25, 0.3) is 5.91 Å². The highest BCUT2D eigenvalue weighted by Gasteiger charge is 2.54. The van der Waals surface area contributed by atoms with Gasteiger partial charge in [0.05, 0.1) is 18.0 Å². The SMILES string of the molecule is CCNC(=O)N1OCC(=O)N2[C@@H]1[C@H](C)N(Cc1cccc3cccnc13)C(=O)[C@@H]2CC(=O)O. The monoisotopic (exact) mass is 455 g/mol. The maximum Gasteiger partial charge on any atom is 0.343 e. The standard InChI is InChI=1S/C22H25N5O6/c1-3-23-22(32)27-20-13(2)25(11-15-7-4-6-14-8-5-9-24-19(14)15)21(31)16(10-18(29)30)26(20)17(28)12-33-27/h4-9,13,16,20H,3,10-12H2,1-2H3,(H,23,32)(H,29,30)/t13-,16-,20-/m0/s1. The molecule has 1 aromatic carbocycles. The van der Waals surface area contributed by atoms with E-state index in [9.17, 15) is 24.3 Å². The zero-order valence-electron chi connectivity index (χ0n) is 18.3. The van der Waals surface area contributed by atoms with Crippen molar-refractivity contribution in [3.05, 3.63) is 42.1 Å². The number of carbonyl (C=O) groups excluding carboxylic acids is 3. The van der Waals surface area contributed by atoms with Crippen molar-refractivity contribution in [2.24, 2.45) is 0 Å². The Hall–Kier alpha value is -3.73. The number of piperazine rings is 1. The van der Waals surface area contributed by atoms with E-state index in [-0.39, 0.29) is 6.54 Å². The van der Waals surface area contributed by atoms with Crippen LogP contribution in [0, 0.1) is 0 Å². The molecule has 2 N–H and O–H groups in total. The Morgan fingerprint density at radius 1 is 1.24 bits per heavy atom. The minimum Gasteiger partial charge on any atom is -0.481 e. The minimum atomic E-state index is -1.26. The molecule has 2 aromatic rings. The summed E-state index contributed by atoms with van der Waals surface area (Å²) in [7, 11) is 0. The largest absolute Gasteiger partial charge is 0.481 e. The number of hydrogen-bond acceptors (Lipinski definition) is 6. The van der Waals surface area contributed by atoms with Gasteiger partial charge in [-0.25, -0.2) is 4.79 Å². The molecule has 174 valence electrons. The molecular formula is C22H25N5O6. The van der Waals surface area contributed by atoms with Gasteiger partial charge in [-0.15, -0.1) is 0 Å². The maximum absolute atomic E-state index is 13.5. The zero-order chi connectivity index (χ0) is 23.7. The molecule has 2 saturated heterocycles. The van der Waals surface area contributed by atoms with E-state index >= 15 is 0 Å². The van der Waals surface area contributed by atoms with Gasteiger partial charge in [0.1, 0.15) is 6.04 Å². The summed E-state index contributed by atoms with van der Waals surface area (Å²) in [5.41, 5.74) is 1.48. The lowest BCUT2D eigenvalue weighted by atomic mass is 9.98. The topological polar surface area (TPSA) is 132 Å². The number of aromatic nitrogens is 1. The summed E-state index contributed by atoms with van der Waals surface area (Å²) in [5, 5.41) is 14.0. The Kier molecular flexibility index (Phi) is 6.14. The van der Waals surface area contributed by atoms with E-state index in [2.05, 4.69) is 10.3 Å². The average molecular weight is 455 g/mol. The quantitative estimate of drug-likeness (QED) is 0.686. The lowest BCUT2D eigenvalue weighted by Gasteiger charge is -2.54. The number of hydrogen-bond donors (Lipinski definition) is 2. The molecule has 0 aliphatic carbocycles. The van der Waals surface area contributed by atoms with Crippen LogP contribution < -0.4 is 5.32 Å². The van der Waals surface area contributed by atoms with Crippen molar-refractivity contribution in [2.45, 2.75) is 45.1 Å². The highest BCUT2D eigenvalue weighted by atomic mass is 16.7. The molecule has 2 aliphatic heterocycles. The number of rotatable bonds is 5. The molecule has 4 rings (SSSR count). The molecule has 33 heavy (non-hydrogen) atoms. The van der Waals surface area contributed by atoms with Gasteiger partial charge in [0.2, 0.25) is 5.91 Å². The van der Waals surface area contributed by atoms with Gasteiger partial charge in [0.15, 0.2) is 12.8 Å². The molecule has 4 amide bonds. The normalized spacial score (nSPS) is 23.0. The Morgan fingerprint density at radius 3 is 2.73 bits per heavy atom. The number of benzene rings is 1. The van der Waals surface area contributed by atoms with Gasteiger partial charge in [-0.05, 0) is 25.5 Å². The summed E-state index contributed by atoms with van der Waals surface area (Å²) in [6.45, 7) is 3.45. The smallest absolute Gasteiger partial charge is 0.343 e. The molecule has 0 unspecified atom stereocenters.